The summed E-state index contributed by atoms with van der Waals surface area (Å²) in [5.41, 5.74) is 1.60. The highest BCUT2D eigenvalue weighted by molar-refractivity contribution is 7.14. The van der Waals surface area contributed by atoms with Gasteiger partial charge in [0.1, 0.15) is 4.88 Å². The van der Waals surface area contributed by atoms with E-state index in [9.17, 15) is 14.7 Å². The summed E-state index contributed by atoms with van der Waals surface area (Å²) < 4.78 is 0. The van der Waals surface area contributed by atoms with Crippen molar-refractivity contribution in [1.82, 2.24) is 9.88 Å². The van der Waals surface area contributed by atoms with Crippen LogP contribution in [-0.4, -0.2) is 40.0 Å². The van der Waals surface area contributed by atoms with E-state index in [1.165, 1.54) is 11.3 Å². The zero-order chi connectivity index (χ0) is 16.4. The van der Waals surface area contributed by atoms with Gasteiger partial charge in [-0.2, -0.15) is 0 Å². The second-order valence-electron chi connectivity index (χ2n) is 5.71. The third kappa shape index (κ3) is 3.27. The molecule has 0 spiro atoms. The molecule has 0 radical (unpaired) electrons. The third-order valence-corrected chi connectivity index (χ3v) is 4.99. The lowest BCUT2D eigenvalue weighted by Crippen LogP contribution is -2.42. The van der Waals surface area contributed by atoms with Crippen molar-refractivity contribution < 1.29 is 14.7 Å². The number of nitrogens with zero attached hydrogens (tertiary/aromatic N) is 2. The number of amides is 1. The molecule has 0 aliphatic carbocycles. The van der Waals surface area contributed by atoms with E-state index in [1.54, 1.807) is 4.90 Å². The molecule has 1 atom stereocenters. The number of carboxylic acids is 1. The van der Waals surface area contributed by atoms with E-state index in [0.717, 1.165) is 17.0 Å². The van der Waals surface area contributed by atoms with Crippen molar-refractivity contribution in [2.75, 3.05) is 13.1 Å². The number of likely N-dealkylation sites (tertiary alicyclic amines) is 1. The fourth-order valence-electron chi connectivity index (χ4n) is 2.87. The Bertz CT molecular complexity index is 727. The first-order valence-electron chi connectivity index (χ1n) is 7.61. The number of aliphatic carboxylic acids is 1. The van der Waals surface area contributed by atoms with Gasteiger partial charge in [0.2, 0.25) is 0 Å². The van der Waals surface area contributed by atoms with E-state index in [2.05, 4.69) is 4.98 Å². The van der Waals surface area contributed by atoms with E-state index in [-0.39, 0.29) is 12.5 Å². The SMILES string of the molecule is Cc1nc(-c2ccccc2)c(C(=O)N2CCC[C@@H](C(=O)O)C2)s1. The molecule has 6 heteroatoms. The molecule has 1 fully saturated rings. The topological polar surface area (TPSA) is 70.5 Å². The van der Waals surface area contributed by atoms with Gasteiger partial charge in [0, 0.05) is 18.7 Å². The normalized spacial score (nSPS) is 18.0. The van der Waals surface area contributed by atoms with Crippen LogP contribution in [0, 0.1) is 12.8 Å². The van der Waals surface area contributed by atoms with Crippen LogP contribution in [0.25, 0.3) is 11.3 Å². The van der Waals surface area contributed by atoms with Crippen molar-refractivity contribution in [2.45, 2.75) is 19.8 Å². The molecule has 0 unspecified atom stereocenters. The number of piperidine rings is 1. The lowest BCUT2D eigenvalue weighted by atomic mass is 9.98. The Morgan fingerprint density at radius 3 is 2.74 bits per heavy atom. The number of hydrogen-bond acceptors (Lipinski definition) is 4. The van der Waals surface area contributed by atoms with E-state index in [4.69, 9.17) is 0 Å². The molecule has 2 aromatic rings. The molecule has 120 valence electrons. The second-order valence-corrected chi connectivity index (χ2v) is 6.91. The zero-order valence-corrected chi connectivity index (χ0v) is 13.7. The molecule has 1 aromatic carbocycles. The van der Waals surface area contributed by atoms with E-state index < -0.39 is 11.9 Å². The lowest BCUT2D eigenvalue weighted by molar-refractivity contribution is -0.143. The van der Waals surface area contributed by atoms with Crippen LogP contribution < -0.4 is 0 Å². The average molecular weight is 330 g/mol. The number of carbonyl (C=O) groups excluding carboxylic acids is 1. The lowest BCUT2D eigenvalue weighted by Gasteiger charge is -2.30. The smallest absolute Gasteiger partial charge is 0.308 e. The Kier molecular flexibility index (Phi) is 4.43. The van der Waals surface area contributed by atoms with Gasteiger partial charge < -0.3 is 10.0 Å². The van der Waals surface area contributed by atoms with Crippen molar-refractivity contribution in [3.63, 3.8) is 0 Å². The minimum absolute atomic E-state index is 0.111. The van der Waals surface area contributed by atoms with Crippen LogP contribution in [0.3, 0.4) is 0 Å². The predicted molar refractivity (Wildman–Crippen MR) is 88.6 cm³/mol. The van der Waals surface area contributed by atoms with Gasteiger partial charge in [0.05, 0.1) is 16.6 Å². The highest BCUT2D eigenvalue weighted by Gasteiger charge is 2.31. The number of rotatable bonds is 3. The summed E-state index contributed by atoms with van der Waals surface area (Å²) in [5.74, 6) is -1.41. The monoisotopic (exact) mass is 330 g/mol. The molecule has 1 aliphatic heterocycles. The van der Waals surface area contributed by atoms with Crippen LogP contribution in [0.5, 0.6) is 0 Å². The Balaban J connectivity index is 1.90. The number of hydrogen-bond donors (Lipinski definition) is 1. The largest absolute Gasteiger partial charge is 0.481 e. The highest BCUT2D eigenvalue weighted by Crippen LogP contribution is 2.30. The zero-order valence-electron chi connectivity index (χ0n) is 12.9. The maximum Gasteiger partial charge on any atom is 0.308 e. The summed E-state index contributed by atoms with van der Waals surface area (Å²) >= 11 is 1.37. The van der Waals surface area contributed by atoms with E-state index in [1.807, 2.05) is 37.3 Å². The minimum Gasteiger partial charge on any atom is -0.481 e. The van der Waals surface area contributed by atoms with Crippen LogP contribution in [0.4, 0.5) is 0 Å². The molecule has 1 aliphatic rings. The molecule has 1 saturated heterocycles. The standard InChI is InChI=1S/C17H18N2O3S/c1-11-18-14(12-6-3-2-4-7-12)15(23-11)16(20)19-9-5-8-13(10-19)17(21)22/h2-4,6-7,13H,5,8-10H2,1H3,(H,21,22)/t13-/m1/s1. The summed E-state index contributed by atoms with van der Waals surface area (Å²) in [4.78, 5) is 30.8. The molecule has 1 N–H and O–H groups in total. The van der Waals surface area contributed by atoms with Gasteiger partial charge in [-0.15, -0.1) is 11.3 Å². The molecule has 2 heterocycles. The first-order valence-corrected chi connectivity index (χ1v) is 8.43. The van der Waals surface area contributed by atoms with E-state index >= 15 is 0 Å². The maximum atomic E-state index is 12.9. The van der Waals surface area contributed by atoms with Gasteiger partial charge in [-0.3, -0.25) is 9.59 Å². The third-order valence-electron chi connectivity index (χ3n) is 4.03. The molecule has 5 nitrogen and oxygen atoms in total. The Morgan fingerprint density at radius 1 is 1.30 bits per heavy atom. The second kappa shape index (κ2) is 6.50. The van der Waals surface area contributed by atoms with Gasteiger partial charge in [-0.25, -0.2) is 4.98 Å². The number of aromatic nitrogens is 1. The number of thiazole rings is 1. The predicted octanol–water partition coefficient (Wildman–Crippen LogP) is 3.06. The van der Waals surface area contributed by atoms with Crippen molar-refractivity contribution in [3.8, 4) is 11.3 Å². The first kappa shape index (κ1) is 15.7. The fourth-order valence-corrected chi connectivity index (χ4v) is 3.78. The molecular formula is C17H18N2O3S. The van der Waals surface area contributed by atoms with Crippen molar-refractivity contribution >= 4 is 23.2 Å². The number of aryl methyl sites for hydroxylation is 1. The van der Waals surface area contributed by atoms with Crippen molar-refractivity contribution in [2.24, 2.45) is 5.92 Å². The van der Waals surface area contributed by atoms with Crippen LogP contribution in [0.15, 0.2) is 30.3 Å². The maximum absolute atomic E-state index is 12.9. The van der Waals surface area contributed by atoms with Gasteiger partial charge in [-0.1, -0.05) is 30.3 Å². The summed E-state index contributed by atoms with van der Waals surface area (Å²) in [6.45, 7) is 2.76. The minimum atomic E-state index is -0.828. The molecule has 0 bridgehead atoms. The fraction of sp³-hybridized carbons (Fsp3) is 0.353. The van der Waals surface area contributed by atoms with Crippen LogP contribution >= 0.6 is 11.3 Å². The number of carbonyl (C=O) groups is 2. The number of carboxylic acid groups (broad SMARTS) is 1. The molecular weight excluding hydrogens is 312 g/mol. The summed E-state index contributed by atoms with van der Waals surface area (Å²) in [7, 11) is 0. The molecule has 1 amide bonds. The number of benzene rings is 1. The van der Waals surface area contributed by atoms with Gasteiger partial charge in [0.15, 0.2) is 0 Å². The van der Waals surface area contributed by atoms with Crippen LogP contribution in [0.2, 0.25) is 0 Å². The average Bonchev–Trinajstić information content (AvgIpc) is 2.97. The van der Waals surface area contributed by atoms with Crippen molar-refractivity contribution in [3.05, 3.63) is 40.2 Å². The van der Waals surface area contributed by atoms with E-state index in [0.29, 0.717) is 23.5 Å². The molecule has 0 saturated carbocycles. The Hall–Kier alpha value is -2.21. The Morgan fingerprint density at radius 2 is 2.04 bits per heavy atom. The first-order chi connectivity index (χ1) is 11.1. The quantitative estimate of drug-likeness (QED) is 0.939. The summed E-state index contributed by atoms with van der Waals surface area (Å²) in [6.07, 6.45) is 1.35. The van der Waals surface area contributed by atoms with Gasteiger partial charge in [0.25, 0.3) is 5.91 Å². The molecule has 1 aromatic heterocycles. The molecule has 3 rings (SSSR count). The van der Waals surface area contributed by atoms with Crippen LogP contribution in [-0.2, 0) is 4.79 Å². The van der Waals surface area contributed by atoms with Crippen LogP contribution in [0.1, 0.15) is 27.5 Å². The molecule has 23 heavy (non-hydrogen) atoms. The highest BCUT2D eigenvalue weighted by atomic mass is 32.1. The van der Waals surface area contributed by atoms with Crippen molar-refractivity contribution in [1.29, 1.82) is 0 Å². The summed E-state index contributed by atoms with van der Waals surface area (Å²) in [5, 5.41) is 10.0. The Labute approximate surface area is 138 Å². The van der Waals surface area contributed by atoms with Gasteiger partial charge >= 0.3 is 5.97 Å². The van der Waals surface area contributed by atoms with Gasteiger partial charge in [-0.05, 0) is 19.8 Å². The summed E-state index contributed by atoms with van der Waals surface area (Å²) in [6, 6.07) is 9.62.